The van der Waals surface area contributed by atoms with Crippen LogP contribution in [0.5, 0.6) is 17.2 Å². The van der Waals surface area contributed by atoms with Crippen LogP contribution in [0.25, 0.3) is 6.08 Å². The van der Waals surface area contributed by atoms with Gasteiger partial charge in [-0.15, -0.1) is 0 Å². The summed E-state index contributed by atoms with van der Waals surface area (Å²) in [6, 6.07) is 3.93. The van der Waals surface area contributed by atoms with Crippen molar-refractivity contribution >= 4 is 12.0 Å². The Labute approximate surface area is 131 Å². The van der Waals surface area contributed by atoms with Crippen LogP contribution in [0.3, 0.4) is 0 Å². The molecular formula is C17H23NO4. The molecule has 0 atom stereocenters. The third-order valence-electron chi connectivity index (χ3n) is 3.82. The number of carbonyl (C=O) groups is 1. The topological polar surface area (TPSA) is 56.8 Å². The maximum atomic E-state index is 11.9. The quantitative estimate of drug-likeness (QED) is 0.821. The minimum absolute atomic E-state index is 0.0688. The van der Waals surface area contributed by atoms with Crippen LogP contribution in [-0.4, -0.2) is 33.3 Å². The van der Waals surface area contributed by atoms with Crippen LogP contribution >= 0.6 is 0 Å². The number of rotatable bonds is 6. The SMILES string of the molecule is COc1cc(/C=C/C(=O)NC2CCCC2)cc(OC)c1OC. The maximum absolute atomic E-state index is 11.9. The largest absolute Gasteiger partial charge is 0.493 e. The molecule has 0 aliphatic heterocycles. The Morgan fingerprint density at radius 1 is 1.09 bits per heavy atom. The van der Waals surface area contributed by atoms with Crippen molar-refractivity contribution in [3.05, 3.63) is 23.8 Å². The zero-order chi connectivity index (χ0) is 15.9. The Bertz CT molecular complexity index is 523. The second-order valence-corrected chi connectivity index (χ2v) is 5.28. The van der Waals surface area contributed by atoms with Crippen molar-refractivity contribution in [2.24, 2.45) is 0 Å². The summed E-state index contributed by atoms with van der Waals surface area (Å²) in [6.45, 7) is 0. The summed E-state index contributed by atoms with van der Waals surface area (Å²) in [5.41, 5.74) is 0.816. The van der Waals surface area contributed by atoms with E-state index in [-0.39, 0.29) is 5.91 Å². The zero-order valence-corrected chi connectivity index (χ0v) is 13.3. The number of ether oxygens (including phenoxy) is 3. The monoisotopic (exact) mass is 305 g/mol. The number of methoxy groups -OCH3 is 3. The number of nitrogens with one attached hydrogen (secondary N) is 1. The first-order valence-corrected chi connectivity index (χ1v) is 7.46. The van der Waals surface area contributed by atoms with E-state index in [2.05, 4.69) is 5.32 Å². The number of hydrogen-bond donors (Lipinski definition) is 1. The van der Waals surface area contributed by atoms with Gasteiger partial charge in [0.25, 0.3) is 0 Å². The van der Waals surface area contributed by atoms with Crippen molar-refractivity contribution in [1.82, 2.24) is 5.32 Å². The van der Waals surface area contributed by atoms with Gasteiger partial charge < -0.3 is 19.5 Å². The molecule has 5 nitrogen and oxygen atoms in total. The lowest BCUT2D eigenvalue weighted by Crippen LogP contribution is -2.30. The van der Waals surface area contributed by atoms with Crippen LogP contribution in [0.2, 0.25) is 0 Å². The van der Waals surface area contributed by atoms with Crippen LogP contribution < -0.4 is 19.5 Å². The van der Waals surface area contributed by atoms with Gasteiger partial charge in [-0.05, 0) is 36.6 Å². The van der Waals surface area contributed by atoms with Gasteiger partial charge in [0.2, 0.25) is 11.7 Å². The van der Waals surface area contributed by atoms with E-state index in [1.165, 1.54) is 12.8 Å². The summed E-state index contributed by atoms with van der Waals surface area (Å²) in [4.78, 5) is 11.9. The lowest BCUT2D eigenvalue weighted by Gasteiger charge is -2.13. The number of amides is 1. The first-order valence-electron chi connectivity index (χ1n) is 7.46. The molecule has 2 rings (SSSR count). The van der Waals surface area contributed by atoms with Gasteiger partial charge in [-0.3, -0.25) is 4.79 Å². The van der Waals surface area contributed by atoms with Gasteiger partial charge in [-0.2, -0.15) is 0 Å². The van der Waals surface area contributed by atoms with Gasteiger partial charge in [-0.25, -0.2) is 0 Å². The molecule has 1 saturated carbocycles. The number of benzene rings is 1. The minimum Gasteiger partial charge on any atom is -0.493 e. The average molecular weight is 305 g/mol. The van der Waals surface area contributed by atoms with E-state index in [1.807, 2.05) is 0 Å². The molecule has 0 spiro atoms. The van der Waals surface area contributed by atoms with Crippen molar-refractivity contribution in [3.8, 4) is 17.2 Å². The van der Waals surface area contributed by atoms with Crippen LogP contribution in [0.1, 0.15) is 31.2 Å². The third-order valence-corrected chi connectivity index (χ3v) is 3.82. The highest BCUT2D eigenvalue weighted by Gasteiger charge is 2.16. The molecule has 0 aromatic heterocycles. The Hall–Kier alpha value is -2.17. The molecule has 1 aliphatic rings. The van der Waals surface area contributed by atoms with Gasteiger partial charge in [0.05, 0.1) is 21.3 Å². The first kappa shape index (κ1) is 16.2. The average Bonchev–Trinajstić information content (AvgIpc) is 3.04. The fourth-order valence-electron chi connectivity index (χ4n) is 2.69. The molecule has 1 fully saturated rings. The highest BCUT2D eigenvalue weighted by Crippen LogP contribution is 2.38. The Morgan fingerprint density at radius 3 is 2.18 bits per heavy atom. The molecule has 120 valence electrons. The van der Waals surface area contributed by atoms with Crippen LogP contribution in [0, 0.1) is 0 Å². The molecule has 1 amide bonds. The van der Waals surface area contributed by atoms with Gasteiger partial charge >= 0.3 is 0 Å². The molecule has 0 heterocycles. The van der Waals surface area contributed by atoms with Crippen LogP contribution in [0.15, 0.2) is 18.2 Å². The molecule has 1 N–H and O–H groups in total. The predicted molar refractivity (Wildman–Crippen MR) is 85.5 cm³/mol. The third kappa shape index (κ3) is 3.93. The summed E-state index contributed by atoms with van der Waals surface area (Å²) in [7, 11) is 4.69. The van der Waals surface area contributed by atoms with E-state index in [4.69, 9.17) is 14.2 Å². The lowest BCUT2D eigenvalue weighted by atomic mass is 10.1. The standard InChI is InChI=1S/C17H23NO4/c1-20-14-10-12(11-15(21-2)17(14)22-3)8-9-16(19)18-13-6-4-5-7-13/h8-11,13H,4-7H2,1-3H3,(H,18,19)/b9-8+. The van der Waals surface area contributed by atoms with Crippen molar-refractivity contribution in [3.63, 3.8) is 0 Å². The molecule has 0 saturated heterocycles. The first-order chi connectivity index (χ1) is 10.7. The second kappa shape index (κ2) is 7.73. The molecule has 1 aromatic carbocycles. The zero-order valence-electron chi connectivity index (χ0n) is 13.3. The molecule has 22 heavy (non-hydrogen) atoms. The Balaban J connectivity index is 2.10. The van der Waals surface area contributed by atoms with Gasteiger partial charge in [0.1, 0.15) is 0 Å². The summed E-state index contributed by atoms with van der Waals surface area (Å²) >= 11 is 0. The highest BCUT2D eigenvalue weighted by atomic mass is 16.5. The molecule has 0 bridgehead atoms. The fourth-order valence-corrected chi connectivity index (χ4v) is 2.69. The summed E-state index contributed by atoms with van der Waals surface area (Å²) in [6.07, 6.45) is 7.82. The summed E-state index contributed by atoms with van der Waals surface area (Å²) < 4.78 is 15.9. The minimum atomic E-state index is -0.0688. The van der Waals surface area contributed by atoms with E-state index in [1.54, 1.807) is 45.6 Å². The number of carbonyl (C=O) groups excluding carboxylic acids is 1. The molecule has 0 radical (unpaired) electrons. The molecule has 0 unspecified atom stereocenters. The van der Waals surface area contributed by atoms with E-state index in [0.29, 0.717) is 23.3 Å². The highest BCUT2D eigenvalue weighted by molar-refractivity contribution is 5.92. The predicted octanol–water partition coefficient (Wildman–Crippen LogP) is 2.78. The maximum Gasteiger partial charge on any atom is 0.244 e. The van der Waals surface area contributed by atoms with Crippen molar-refractivity contribution in [2.45, 2.75) is 31.7 Å². The lowest BCUT2D eigenvalue weighted by molar-refractivity contribution is -0.117. The van der Waals surface area contributed by atoms with Gasteiger partial charge in [0.15, 0.2) is 11.5 Å². The van der Waals surface area contributed by atoms with Crippen molar-refractivity contribution in [1.29, 1.82) is 0 Å². The van der Waals surface area contributed by atoms with Gasteiger partial charge in [-0.1, -0.05) is 12.8 Å². The normalized spacial score (nSPS) is 15.0. The van der Waals surface area contributed by atoms with Crippen molar-refractivity contribution < 1.29 is 19.0 Å². The molecule has 5 heteroatoms. The van der Waals surface area contributed by atoms with E-state index in [0.717, 1.165) is 18.4 Å². The van der Waals surface area contributed by atoms with Crippen molar-refractivity contribution in [2.75, 3.05) is 21.3 Å². The van der Waals surface area contributed by atoms with Gasteiger partial charge in [0, 0.05) is 12.1 Å². The number of hydrogen-bond acceptors (Lipinski definition) is 4. The van der Waals surface area contributed by atoms with Crippen LogP contribution in [0.4, 0.5) is 0 Å². The van der Waals surface area contributed by atoms with E-state index >= 15 is 0 Å². The molecule has 1 aliphatic carbocycles. The second-order valence-electron chi connectivity index (χ2n) is 5.28. The Kier molecular flexibility index (Phi) is 5.69. The molecule has 1 aromatic rings. The van der Waals surface area contributed by atoms with Crippen LogP contribution in [-0.2, 0) is 4.79 Å². The summed E-state index contributed by atoms with van der Waals surface area (Å²) in [5, 5.41) is 3.02. The Morgan fingerprint density at radius 2 is 1.68 bits per heavy atom. The molecular weight excluding hydrogens is 282 g/mol. The van der Waals surface area contributed by atoms with E-state index < -0.39 is 0 Å². The smallest absolute Gasteiger partial charge is 0.244 e. The fraction of sp³-hybridized carbons (Fsp3) is 0.471. The summed E-state index contributed by atoms with van der Waals surface area (Å²) in [5.74, 6) is 1.61. The van der Waals surface area contributed by atoms with E-state index in [9.17, 15) is 4.79 Å².